The van der Waals surface area contributed by atoms with Crippen molar-refractivity contribution in [2.75, 3.05) is 13.1 Å². The summed E-state index contributed by atoms with van der Waals surface area (Å²) >= 11 is 0. The van der Waals surface area contributed by atoms with E-state index in [0.717, 1.165) is 68.2 Å². The minimum absolute atomic E-state index is 0.00837. The number of hydrogen-bond donors (Lipinski definition) is 2. The lowest BCUT2D eigenvalue weighted by Gasteiger charge is -2.41. The summed E-state index contributed by atoms with van der Waals surface area (Å²) in [4.78, 5) is 26.2. The Hall–Kier alpha value is -2.51. The quantitative estimate of drug-likeness (QED) is 0.694. The summed E-state index contributed by atoms with van der Waals surface area (Å²) in [5.41, 5.74) is 2.77. The second-order valence-electron chi connectivity index (χ2n) is 8.77. The zero-order chi connectivity index (χ0) is 20.5. The number of rotatable bonds is 4. The molecule has 30 heavy (non-hydrogen) atoms. The van der Waals surface area contributed by atoms with Gasteiger partial charge in [-0.1, -0.05) is 12.1 Å². The maximum atomic E-state index is 12.5. The van der Waals surface area contributed by atoms with Crippen LogP contribution in [0.2, 0.25) is 0 Å². The summed E-state index contributed by atoms with van der Waals surface area (Å²) in [6.07, 6.45) is 10.8. The molecule has 0 spiro atoms. The van der Waals surface area contributed by atoms with E-state index in [-0.39, 0.29) is 17.6 Å². The van der Waals surface area contributed by atoms with Crippen molar-refractivity contribution in [1.29, 1.82) is 0 Å². The molecular formula is C23H29N5O2. The van der Waals surface area contributed by atoms with Crippen LogP contribution in [-0.4, -0.2) is 48.7 Å². The number of nitrogens with zero attached hydrogens (tertiary/aromatic N) is 4. The summed E-state index contributed by atoms with van der Waals surface area (Å²) < 4.78 is 1.96. The van der Waals surface area contributed by atoms with E-state index in [2.05, 4.69) is 19.9 Å². The van der Waals surface area contributed by atoms with Crippen molar-refractivity contribution in [1.82, 2.24) is 24.4 Å². The van der Waals surface area contributed by atoms with Gasteiger partial charge in [0.05, 0.1) is 17.1 Å². The Morgan fingerprint density at radius 3 is 2.40 bits per heavy atom. The van der Waals surface area contributed by atoms with Gasteiger partial charge in [0.25, 0.3) is 0 Å². The lowest BCUT2D eigenvalue weighted by molar-refractivity contribution is 0.0446. The first-order valence-electron chi connectivity index (χ1n) is 11.1. The van der Waals surface area contributed by atoms with Crippen LogP contribution in [0.15, 0.2) is 47.8 Å². The number of hydrogen-bond acceptors (Lipinski definition) is 5. The van der Waals surface area contributed by atoms with Crippen molar-refractivity contribution in [2.24, 2.45) is 5.92 Å². The number of likely N-dealkylation sites (tertiary alicyclic amines) is 1. The van der Waals surface area contributed by atoms with Crippen molar-refractivity contribution in [3.63, 3.8) is 0 Å². The molecule has 1 unspecified atom stereocenters. The molecule has 1 aliphatic heterocycles. The Bertz CT molecular complexity index is 1030. The van der Waals surface area contributed by atoms with Crippen molar-refractivity contribution in [3.05, 3.63) is 59.0 Å². The zero-order valence-electron chi connectivity index (χ0n) is 17.2. The fourth-order valence-electron chi connectivity index (χ4n) is 5.46. The predicted molar refractivity (Wildman–Crippen MR) is 115 cm³/mol. The highest BCUT2D eigenvalue weighted by Gasteiger charge is 2.32. The molecule has 1 saturated carbocycles. The fraction of sp³-hybridized carbons (Fsp3) is 0.522. The van der Waals surface area contributed by atoms with Gasteiger partial charge < -0.3 is 15.0 Å². The van der Waals surface area contributed by atoms with Crippen molar-refractivity contribution in [2.45, 2.75) is 56.7 Å². The van der Waals surface area contributed by atoms with E-state index in [1.165, 1.54) is 6.33 Å². The third kappa shape index (κ3) is 3.68. The SMILES string of the molecule is O=c1[nH]c2ccccc2n1C1CCN(C2CCC(C(O)c3cncnc3)CC2)CC1. The lowest BCUT2D eigenvalue weighted by Crippen LogP contribution is -2.44. The fourth-order valence-corrected chi connectivity index (χ4v) is 5.46. The van der Waals surface area contributed by atoms with E-state index in [4.69, 9.17) is 0 Å². The molecule has 2 N–H and O–H groups in total. The highest BCUT2D eigenvalue weighted by atomic mass is 16.3. The van der Waals surface area contributed by atoms with Gasteiger partial charge in [0.1, 0.15) is 6.33 Å². The lowest BCUT2D eigenvalue weighted by atomic mass is 9.80. The van der Waals surface area contributed by atoms with Crippen LogP contribution >= 0.6 is 0 Å². The summed E-state index contributed by atoms with van der Waals surface area (Å²) in [5.74, 6) is 0.287. The Balaban J connectivity index is 1.18. The zero-order valence-corrected chi connectivity index (χ0v) is 17.2. The monoisotopic (exact) mass is 407 g/mol. The van der Waals surface area contributed by atoms with Crippen molar-refractivity contribution >= 4 is 11.0 Å². The first kappa shape index (κ1) is 19.5. The third-order valence-electron chi connectivity index (χ3n) is 7.11. The Morgan fingerprint density at radius 1 is 0.967 bits per heavy atom. The highest BCUT2D eigenvalue weighted by molar-refractivity contribution is 5.75. The van der Waals surface area contributed by atoms with Crippen LogP contribution in [0, 0.1) is 5.92 Å². The molecule has 7 heteroatoms. The van der Waals surface area contributed by atoms with Crippen LogP contribution in [0.3, 0.4) is 0 Å². The van der Waals surface area contributed by atoms with E-state index < -0.39 is 6.10 Å². The molecular weight excluding hydrogens is 378 g/mol. The number of fused-ring (bicyclic) bond motifs is 1. The van der Waals surface area contributed by atoms with Crippen LogP contribution in [0.25, 0.3) is 11.0 Å². The number of H-pyrrole nitrogens is 1. The van der Waals surface area contributed by atoms with Gasteiger partial charge in [-0.05, 0) is 56.6 Å². The standard InChI is InChI=1S/C23H29N5O2/c29-22(17-13-24-15-25-14-17)16-5-7-18(8-6-16)27-11-9-19(10-12-27)28-21-4-2-1-3-20(21)26-23(28)30/h1-4,13-16,18-19,22,29H,5-12H2,(H,26,30). The maximum absolute atomic E-state index is 12.5. The number of aromatic amines is 1. The maximum Gasteiger partial charge on any atom is 0.326 e. The number of piperidine rings is 1. The number of nitrogens with one attached hydrogen (secondary N) is 1. The van der Waals surface area contributed by atoms with Crippen LogP contribution in [0.5, 0.6) is 0 Å². The molecule has 3 heterocycles. The van der Waals surface area contributed by atoms with Crippen molar-refractivity contribution in [3.8, 4) is 0 Å². The second-order valence-corrected chi connectivity index (χ2v) is 8.77. The van der Waals surface area contributed by atoms with Gasteiger partial charge in [0, 0.05) is 43.1 Å². The average Bonchev–Trinajstić information content (AvgIpc) is 3.15. The predicted octanol–water partition coefficient (Wildman–Crippen LogP) is 3.05. The van der Waals surface area contributed by atoms with Crippen molar-refractivity contribution < 1.29 is 5.11 Å². The van der Waals surface area contributed by atoms with Crippen LogP contribution in [-0.2, 0) is 0 Å². The van der Waals surface area contributed by atoms with Crippen LogP contribution in [0.1, 0.15) is 56.2 Å². The van der Waals surface area contributed by atoms with Gasteiger partial charge >= 0.3 is 5.69 Å². The van der Waals surface area contributed by atoms with Gasteiger partial charge in [-0.2, -0.15) is 0 Å². The molecule has 1 aliphatic carbocycles. The van der Waals surface area contributed by atoms with E-state index in [0.29, 0.717) is 6.04 Å². The van der Waals surface area contributed by atoms with E-state index >= 15 is 0 Å². The van der Waals surface area contributed by atoms with Gasteiger partial charge in [0.2, 0.25) is 0 Å². The van der Waals surface area contributed by atoms with Gasteiger partial charge in [-0.25, -0.2) is 14.8 Å². The number of imidazole rings is 1. The summed E-state index contributed by atoms with van der Waals surface area (Å²) in [6, 6.07) is 8.81. The molecule has 0 radical (unpaired) electrons. The number of aromatic nitrogens is 4. The first-order valence-corrected chi connectivity index (χ1v) is 11.1. The highest BCUT2D eigenvalue weighted by Crippen LogP contribution is 2.37. The van der Waals surface area contributed by atoms with Gasteiger partial charge in [-0.15, -0.1) is 0 Å². The topological polar surface area (TPSA) is 87.0 Å². The second kappa shape index (κ2) is 8.32. The molecule has 1 saturated heterocycles. The number of benzene rings is 1. The molecule has 1 aromatic carbocycles. The Morgan fingerprint density at radius 2 is 1.67 bits per heavy atom. The summed E-state index contributed by atoms with van der Waals surface area (Å²) in [5, 5.41) is 10.7. The smallest absolute Gasteiger partial charge is 0.326 e. The van der Waals surface area contributed by atoms with Crippen LogP contribution < -0.4 is 5.69 Å². The number of para-hydroxylation sites is 2. The minimum Gasteiger partial charge on any atom is -0.388 e. The minimum atomic E-state index is -0.466. The molecule has 0 amide bonds. The largest absolute Gasteiger partial charge is 0.388 e. The Kier molecular flexibility index (Phi) is 5.39. The van der Waals surface area contributed by atoms with E-state index in [9.17, 15) is 9.90 Å². The first-order chi connectivity index (χ1) is 14.7. The molecule has 7 nitrogen and oxygen atoms in total. The van der Waals surface area contributed by atoms with Gasteiger partial charge in [0.15, 0.2) is 0 Å². The van der Waals surface area contributed by atoms with E-state index in [1.54, 1.807) is 12.4 Å². The molecule has 3 aromatic rings. The van der Waals surface area contributed by atoms with E-state index in [1.807, 2.05) is 28.8 Å². The van der Waals surface area contributed by atoms with Crippen LogP contribution in [0.4, 0.5) is 0 Å². The molecule has 2 aliphatic rings. The normalized spacial score (nSPS) is 24.8. The molecule has 2 aromatic heterocycles. The molecule has 158 valence electrons. The number of aliphatic hydroxyl groups excluding tert-OH is 1. The average molecular weight is 408 g/mol. The third-order valence-corrected chi connectivity index (χ3v) is 7.11. The molecule has 1 atom stereocenters. The molecule has 2 fully saturated rings. The number of aliphatic hydroxyl groups is 1. The molecule has 0 bridgehead atoms. The van der Waals surface area contributed by atoms with Gasteiger partial charge in [-0.3, -0.25) is 4.57 Å². The Labute approximate surface area is 175 Å². The summed E-state index contributed by atoms with van der Waals surface area (Å²) in [7, 11) is 0. The molecule has 5 rings (SSSR count). The summed E-state index contributed by atoms with van der Waals surface area (Å²) in [6.45, 7) is 2.06.